The van der Waals surface area contributed by atoms with Gasteiger partial charge in [0.25, 0.3) is 0 Å². The Bertz CT molecular complexity index is 923. The van der Waals surface area contributed by atoms with Gasteiger partial charge in [-0.2, -0.15) is 0 Å². The Morgan fingerprint density at radius 1 is 0.973 bits per heavy atom. The van der Waals surface area contributed by atoms with E-state index in [1.54, 1.807) is 36.1 Å². The van der Waals surface area contributed by atoms with Crippen LogP contribution in [0.2, 0.25) is 0 Å². The number of ether oxygens (including phenoxy) is 3. The number of carboxylic acid groups (broad SMARTS) is 1. The summed E-state index contributed by atoms with van der Waals surface area (Å²) in [5.41, 5.74) is 1.76. The monoisotopic (exact) mass is 518 g/mol. The number of amides is 2. The Labute approximate surface area is 218 Å². The Morgan fingerprint density at radius 3 is 2.32 bits per heavy atom. The van der Waals surface area contributed by atoms with E-state index in [2.05, 4.69) is 5.32 Å². The van der Waals surface area contributed by atoms with Gasteiger partial charge in [-0.1, -0.05) is 31.2 Å². The van der Waals surface area contributed by atoms with Crippen molar-refractivity contribution in [1.82, 2.24) is 10.2 Å². The molecule has 9 heteroatoms. The number of hydrogen-bond acceptors (Lipinski definition) is 5. The van der Waals surface area contributed by atoms with Crippen LogP contribution in [-0.4, -0.2) is 67.6 Å². The van der Waals surface area contributed by atoms with Crippen molar-refractivity contribution in [2.24, 2.45) is 0 Å². The van der Waals surface area contributed by atoms with Crippen LogP contribution in [0.25, 0.3) is 0 Å². The molecule has 0 saturated heterocycles. The maximum atomic E-state index is 13.0. The summed E-state index contributed by atoms with van der Waals surface area (Å²) < 4.78 is 29.7. The number of rotatable bonds is 18. The molecule has 0 heterocycles. The van der Waals surface area contributed by atoms with E-state index in [1.165, 1.54) is 12.1 Å². The fourth-order valence-electron chi connectivity index (χ4n) is 3.56. The van der Waals surface area contributed by atoms with Crippen LogP contribution in [0.15, 0.2) is 48.5 Å². The van der Waals surface area contributed by atoms with Crippen molar-refractivity contribution < 1.29 is 33.3 Å². The van der Waals surface area contributed by atoms with Gasteiger partial charge in [0.05, 0.1) is 13.2 Å². The quantitative estimate of drug-likeness (QED) is 0.279. The number of carbonyl (C=O) groups is 2. The standard InChI is InChI=1S/C28H39FN2O6/c1-3-15-30-28(34)31(16-5-6-18-35-21-23-7-11-24(29)12-8-23)17-19-37-25-13-9-22(10-14-25)20-26(27(32)33)36-4-2/h7-14,26H,3-6,15-21H2,1-2H3,(H,30,34)(H,32,33). The second-order valence-electron chi connectivity index (χ2n) is 8.58. The van der Waals surface area contributed by atoms with Gasteiger partial charge in [0.15, 0.2) is 6.10 Å². The lowest BCUT2D eigenvalue weighted by molar-refractivity contribution is -0.149. The molecule has 1 atom stereocenters. The van der Waals surface area contributed by atoms with E-state index in [0.717, 1.165) is 30.4 Å². The van der Waals surface area contributed by atoms with Gasteiger partial charge in [-0.15, -0.1) is 0 Å². The molecule has 37 heavy (non-hydrogen) atoms. The molecule has 2 aromatic rings. The zero-order chi connectivity index (χ0) is 26.9. The maximum Gasteiger partial charge on any atom is 0.333 e. The summed E-state index contributed by atoms with van der Waals surface area (Å²) in [6.07, 6.45) is 1.83. The molecule has 204 valence electrons. The predicted molar refractivity (Wildman–Crippen MR) is 139 cm³/mol. The third-order valence-electron chi connectivity index (χ3n) is 5.58. The molecular formula is C28H39FN2O6. The van der Waals surface area contributed by atoms with Crippen LogP contribution in [-0.2, 0) is 27.3 Å². The highest BCUT2D eigenvalue weighted by atomic mass is 19.1. The number of nitrogens with one attached hydrogen (secondary N) is 1. The molecular weight excluding hydrogens is 479 g/mol. The van der Waals surface area contributed by atoms with Crippen molar-refractivity contribution in [3.63, 3.8) is 0 Å². The number of nitrogens with zero attached hydrogens (tertiary/aromatic N) is 1. The highest BCUT2D eigenvalue weighted by Crippen LogP contribution is 2.15. The minimum Gasteiger partial charge on any atom is -0.492 e. The molecule has 0 aliphatic carbocycles. The normalized spacial score (nSPS) is 11.6. The maximum absolute atomic E-state index is 13.0. The van der Waals surface area contributed by atoms with Crippen LogP contribution in [0.4, 0.5) is 9.18 Å². The third kappa shape index (κ3) is 12.1. The van der Waals surface area contributed by atoms with Gasteiger partial charge in [0.2, 0.25) is 0 Å². The molecule has 8 nitrogen and oxygen atoms in total. The van der Waals surface area contributed by atoms with E-state index >= 15 is 0 Å². The molecule has 0 radical (unpaired) electrons. The number of hydrogen-bond donors (Lipinski definition) is 2. The summed E-state index contributed by atoms with van der Waals surface area (Å²) in [7, 11) is 0. The largest absolute Gasteiger partial charge is 0.492 e. The van der Waals surface area contributed by atoms with E-state index < -0.39 is 12.1 Å². The molecule has 0 fully saturated rings. The Kier molecular flexibility index (Phi) is 14.1. The van der Waals surface area contributed by atoms with Gasteiger partial charge in [-0.05, 0) is 61.6 Å². The van der Waals surface area contributed by atoms with Crippen molar-refractivity contribution in [2.45, 2.75) is 52.2 Å². The molecule has 0 aliphatic rings. The first-order chi connectivity index (χ1) is 17.9. The molecule has 2 rings (SSSR count). The first-order valence-electron chi connectivity index (χ1n) is 12.8. The second-order valence-corrected chi connectivity index (χ2v) is 8.58. The lowest BCUT2D eigenvalue weighted by atomic mass is 10.1. The highest BCUT2D eigenvalue weighted by Gasteiger charge is 2.18. The van der Waals surface area contributed by atoms with Crippen molar-refractivity contribution >= 4 is 12.0 Å². The van der Waals surface area contributed by atoms with Gasteiger partial charge in [-0.3, -0.25) is 0 Å². The second kappa shape index (κ2) is 17.3. The molecule has 0 aliphatic heterocycles. The summed E-state index contributed by atoms with van der Waals surface area (Å²) in [5.74, 6) is -0.601. The van der Waals surface area contributed by atoms with E-state index in [0.29, 0.717) is 51.8 Å². The number of carboxylic acids is 1. The summed E-state index contributed by atoms with van der Waals surface area (Å²) in [5, 5.41) is 12.2. The summed E-state index contributed by atoms with van der Waals surface area (Å²) in [6.45, 7) is 7.03. The SMILES string of the molecule is CCCNC(=O)N(CCCCOCc1ccc(F)cc1)CCOc1ccc(CC(OCC)C(=O)O)cc1. The average Bonchev–Trinajstić information content (AvgIpc) is 2.89. The van der Waals surface area contributed by atoms with Crippen LogP contribution < -0.4 is 10.1 Å². The first-order valence-corrected chi connectivity index (χ1v) is 12.8. The van der Waals surface area contributed by atoms with Gasteiger partial charge in [0, 0.05) is 32.7 Å². The summed E-state index contributed by atoms with van der Waals surface area (Å²) >= 11 is 0. The van der Waals surface area contributed by atoms with Crippen LogP contribution in [0.5, 0.6) is 5.75 Å². The lowest BCUT2D eigenvalue weighted by Crippen LogP contribution is -2.42. The van der Waals surface area contributed by atoms with Gasteiger partial charge in [0.1, 0.15) is 18.2 Å². The Hall–Kier alpha value is -3.17. The topological polar surface area (TPSA) is 97.3 Å². The minimum absolute atomic E-state index is 0.122. The fraction of sp³-hybridized carbons (Fsp3) is 0.500. The number of carbonyl (C=O) groups excluding carboxylic acids is 1. The van der Waals surface area contributed by atoms with Gasteiger partial charge >= 0.3 is 12.0 Å². The molecule has 0 spiro atoms. The molecule has 0 aromatic heterocycles. The van der Waals surface area contributed by atoms with Crippen molar-refractivity contribution in [2.75, 3.05) is 39.5 Å². The minimum atomic E-state index is -0.983. The summed E-state index contributed by atoms with van der Waals surface area (Å²) in [4.78, 5) is 25.6. The molecule has 0 saturated carbocycles. The Morgan fingerprint density at radius 2 is 1.68 bits per heavy atom. The zero-order valence-corrected chi connectivity index (χ0v) is 21.8. The third-order valence-corrected chi connectivity index (χ3v) is 5.58. The van der Waals surface area contributed by atoms with Crippen LogP contribution in [0, 0.1) is 5.82 Å². The predicted octanol–water partition coefficient (Wildman–Crippen LogP) is 4.66. The lowest BCUT2D eigenvalue weighted by Gasteiger charge is -2.23. The summed E-state index contributed by atoms with van der Waals surface area (Å²) in [6, 6.07) is 13.3. The zero-order valence-electron chi connectivity index (χ0n) is 21.8. The van der Waals surface area contributed by atoms with E-state index in [1.807, 2.05) is 19.1 Å². The van der Waals surface area contributed by atoms with Crippen LogP contribution >= 0.6 is 0 Å². The van der Waals surface area contributed by atoms with Crippen molar-refractivity contribution in [1.29, 1.82) is 0 Å². The molecule has 2 amide bonds. The highest BCUT2D eigenvalue weighted by molar-refractivity contribution is 5.74. The first kappa shape index (κ1) is 30.1. The number of halogens is 1. The molecule has 2 N–H and O–H groups in total. The smallest absolute Gasteiger partial charge is 0.333 e. The number of unbranched alkanes of at least 4 members (excludes halogenated alkanes) is 1. The van der Waals surface area contributed by atoms with E-state index in [4.69, 9.17) is 14.2 Å². The average molecular weight is 519 g/mol. The van der Waals surface area contributed by atoms with Gasteiger partial charge in [-0.25, -0.2) is 14.0 Å². The fourth-order valence-corrected chi connectivity index (χ4v) is 3.56. The van der Waals surface area contributed by atoms with E-state index in [-0.39, 0.29) is 18.3 Å². The van der Waals surface area contributed by atoms with Crippen molar-refractivity contribution in [3.8, 4) is 5.75 Å². The number of aliphatic carboxylic acids is 1. The van der Waals surface area contributed by atoms with Crippen LogP contribution in [0.1, 0.15) is 44.2 Å². The van der Waals surface area contributed by atoms with E-state index in [9.17, 15) is 19.1 Å². The van der Waals surface area contributed by atoms with Gasteiger partial charge < -0.3 is 29.5 Å². The molecule has 0 bridgehead atoms. The molecule has 2 aromatic carbocycles. The molecule has 1 unspecified atom stereocenters. The number of benzene rings is 2. The van der Waals surface area contributed by atoms with Crippen molar-refractivity contribution in [3.05, 3.63) is 65.5 Å². The number of urea groups is 1. The van der Waals surface area contributed by atoms with Crippen LogP contribution in [0.3, 0.4) is 0 Å². The Balaban J connectivity index is 1.75.